The van der Waals surface area contributed by atoms with Crippen LogP contribution in [0.15, 0.2) is 42.5 Å². The number of benzene rings is 2. The van der Waals surface area contributed by atoms with Gasteiger partial charge in [0.1, 0.15) is 18.2 Å². The zero-order valence-electron chi connectivity index (χ0n) is 13.8. The molecule has 0 radical (unpaired) electrons. The van der Waals surface area contributed by atoms with Crippen molar-refractivity contribution in [1.29, 1.82) is 0 Å². The van der Waals surface area contributed by atoms with Gasteiger partial charge in [0.05, 0.1) is 20.8 Å². The zero-order valence-corrected chi connectivity index (χ0v) is 13.8. The van der Waals surface area contributed by atoms with Crippen LogP contribution in [0, 0.1) is 5.82 Å². The molecule has 0 amide bonds. The Morgan fingerprint density at radius 2 is 1.76 bits per heavy atom. The first-order chi connectivity index (χ1) is 12.2. The second-order valence-electron chi connectivity index (χ2n) is 5.08. The monoisotopic (exact) mass is 344 g/mol. The van der Waals surface area contributed by atoms with Gasteiger partial charge in [0.2, 0.25) is 5.82 Å². The smallest absolute Gasteiger partial charge is 0.205 e. The first kappa shape index (κ1) is 16.7. The van der Waals surface area contributed by atoms with Crippen LogP contribution in [0.1, 0.15) is 0 Å². The van der Waals surface area contributed by atoms with Gasteiger partial charge in [-0.05, 0) is 47.7 Å². The molecule has 1 aromatic heterocycles. The lowest BCUT2D eigenvalue weighted by atomic mass is 10.2. The fourth-order valence-corrected chi connectivity index (χ4v) is 2.20. The minimum absolute atomic E-state index is 0.301. The third kappa shape index (κ3) is 4.03. The van der Waals surface area contributed by atoms with Crippen molar-refractivity contribution in [2.24, 2.45) is 0 Å². The lowest BCUT2D eigenvalue weighted by Crippen LogP contribution is -2.11. The van der Waals surface area contributed by atoms with Crippen molar-refractivity contribution in [3.05, 3.63) is 48.3 Å². The maximum absolute atomic E-state index is 12.8. The molecule has 3 rings (SSSR count). The van der Waals surface area contributed by atoms with E-state index in [1.54, 1.807) is 38.5 Å². The molecule has 0 saturated heterocycles. The highest BCUT2D eigenvalue weighted by Crippen LogP contribution is 2.30. The highest BCUT2D eigenvalue weighted by Gasteiger charge is 2.10. The number of aromatic nitrogens is 4. The highest BCUT2D eigenvalue weighted by atomic mass is 19.1. The average molecular weight is 344 g/mol. The number of rotatable bonds is 7. The third-order valence-electron chi connectivity index (χ3n) is 3.47. The molecule has 2 aromatic carbocycles. The summed E-state index contributed by atoms with van der Waals surface area (Å²) >= 11 is 0. The summed E-state index contributed by atoms with van der Waals surface area (Å²) in [6, 6.07) is 11.2. The lowest BCUT2D eigenvalue weighted by molar-refractivity contribution is 0.280. The number of hydrogen-bond donors (Lipinski definition) is 0. The first-order valence-electron chi connectivity index (χ1n) is 7.58. The molecule has 0 atom stereocenters. The van der Waals surface area contributed by atoms with Gasteiger partial charge in [0.25, 0.3) is 0 Å². The Labute approximate surface area is 143 Å². The molecule has 0 aliphatic heterocycles. The van der Waals surface area contributed by atoms with Gasteiger partial charge >= 0.3 is 0 Å². The van der Waals surface area contributed by atoms with E-state index in [1.807, 2.05) is 6.07 Å². The van der Waals surface area contributed by atoms with Crippen LogP contribution < -0.4 is 14.2 Å². The standard InChI is InChI=1S/C17H17FN4O3/c1-23-15-8-3-12(11-16(15)24-2)17-19-21-22(20-17)9-10-25-14-6-4-13(18)5-7-14/h3-8,11H,9-10H2,1-2H3. The van der Waals surface area contributed by atoms with E-state index in [0.29, 0.717) is 36.2 Å². The summed E-state index contributed by atoms with van der Waals surface area (Å²) in [5.41, 5.74) is 0.767. The number of halogens is 1. The summed E-state index contributed by atoms with van der Waals surface area (Å²) in [7, 11) is 3.14. The number of methoxy groups -OCH3 is 2. The third-order valence-corrected chi connectivity index (χ3v) is 3.47. The normalized spacial score (nSPS) is 10.5. The van der Waals surface area contributed by atoms with E-state index in [-0.39, 0.29) is 5.82 Å². The summed E-state index contributed by atoms with van der Waals surface area (Å²) in [5.74, 6) is 1.98. The van der Waals surface area contributed by atoms with Gasteiger partial charge in [0, 0.05) is 5.56 Å². The van der Waals surface area contributed by atoms with Crippen LogP contribution in [0.4, 0.5) is 4.39 Å². The van der Waals surface area contributed by atoms with Gasteiger partial charge < -0.3 is 14.2 Å². The Morgan fingerprint density at radius 1 is 1.00 bits per heavy atom. The van der Waals surface area contributed by atoms with Gasteiger partial charge in [-0.3, -0.25) is 0 Å². The van der Waals surface area contributed by atoms with E-state index in [0.717, 1.165) is 5.56 Å². The Balaban J connectivity index is 1.63. The van der Waals surface area contributed by atoms with Crippen LogP contribution in [0.25, 0.3) is 11.4 Å². The molecule has 0 saturated carbocycles. The van der Waals surface area contributed by atoms with Crippen LogP contribution in [0.2, 0.25) is 0 Å². The molecule has 0 N–H and O–H groups in total. The van der Waals surface area contributed by atoms with Crippen molar-refractivity contribution < 1.29 is 18.6 Å². The van der Waals surface area contributed by atoms with E-state index < -0.39 is 0 Å². The maximum atomic E-state index is 12.8. The highest BCUT2D eigenvalue weighted by molar-refractivity contribution is 5.60. The number of nitrogens with zero attached hydrogens (tertiary/aromatic N) is 4. The Kier molecular flexibility index (Phi) is 5.08. The minimum atomic E-state index is -0.301. The lowest BCUT2D eigenvalue weighted by Gasteiger charge is -2.07. The summed E-state index contributed by atoms with van der Waals surface area (Å²) in [5, 5.41) is 12.3. The molecule has 8 heteroatoms. The van der Waals surface area contributed by atoms with Crippen molar-refractivity contribution in [1.82, 2.24) is 20.2 Å². The average Bonchev–Trinajstić information content (AvgIpc) is 3.11. The molecule has 0 unspecified atom stereocenters. The van der Waals surface area contributed by atoms with Crippen LogP contribution in [-0.2, 0) is 6.54 Å². The summed E-state index contributed by atoms with van der Waals surface area (Å²) < 4.78 is 28.8. The zero-order chi connectivity index (χ0) is 17.6. The number of ether oxygens (including phenoxy) is 3. The van der Waals surface area contributed by atoms with Crippen LogP contribution in [0.3, 0.4) is 0 Å². The molecule has 1 heterocycles. The fourth-order valence-electron chi connectivity index (χ4n) is 2.20. The van der Waals surface area contributed by atoms with Crippen molar-refractivity contribution in [3.63, 3.8) is 0 Å². The van der Waals surface area contributed by atoms with Gasteiger partial charge in [-0.25, -0.2) is 4.39 Å². The predicted octanol–water partition coefficient (Wildman–Crippen LogP) is 2.58. The van der Waals surface area contributed by atoms with Crippen molar-refractivity contribution in [2.45, 2.75) is 6.54 Å². The van der Waals surface area contributed by atoms with Crippen LogP contribution in [-0.4, -0.2) is 41.0 Å². The molecule has 0 aliphatic rings. The Hall–Kier alpha value is -3.16. The molecule has 0 aliphatic carbocycles. The molecule has 25 heavy (non-hydrogen) atoms. The van der Waals surface area contributed by atoms with Crippen molar-refractivity contribution >= 4 is 0 Å². The van der Waals surface area contributed by atoms with E-state index in [4.69, 9.17) is 14.2 Å². The Morgan fingerprint density at radius 3 is 2.48 bits per heavy atom. The topological polar surface area (TPSA) is 71.3 Å². The molecule has 0 spiro atoms. The molecule has 0 bridgehead atoms. The van der Waals surface area contributed by atoms with E-state index in [2.05, 4.69) is 15.4 Å². The summed E-state index contributed by atoms with van der Waals surface area (Å²) in [6.45, 7) is 0.755. The fraction of sp³-hybridized carbons (Fsp3) is 0.235. The van der Waals surface area contributed by atoms with Gasteiger partial charge in [-0.2, -0.15) is 4.80 Å². The SMILES string of the molecule is COc1ccc(-c2nnn(CCOc3ccc(F)cc3)n2)cc1OC. The van der Waals surface area contributed by atoms with E-state index in [9.17, 15) is 4.39 Å². The van der Waals surface area contributed by atoms with Crippen LogP contribution in [0.5, 0.6) is 17.2 Å². The maximum Gasteiger partial charge on any atom is 0.205 e. The molecule has 3 aromatic rings. The molecular weight excluding hydrogens is 327 g/mol. The molecule has 7 nitrogen and oxygen atoms in total. The van der Waals surface area contributed by atoms with Crippen molar-refractivity contribution in [2.75, 3.05) is 20.8 Å². The minimum Gasteiger partial charge on any atom is -0.493 e. The van der Waals surface area contributed by atoms with Gasteiger partial charge in [-0.1, -0.05) is 0 Å². The predicted molar refractivity (Wildman–Crippen MR) is 88.3 cm³/mol. The second kappa shape index (κ2) is 7.61. The molecular formula is C17H17FN4O3. The first-order valence-corrected chi connectivity index (χ1v) is 7.58. The molecule has 130 valence electrons. The van der Waals surface area contributed by atoms with Crippen LogP contribution >= 0.6 is 0 Å². The number of hydrogen-bond acceptors (Lipinski definition) is 6. The van der Waals surface area contributed by atoms with E-state index >= 15 is 0 Å². The second-order valence-corrected chi connectivity index (χ2v) is 5.08. The quantitative estimate of drug-likeness (QED) is 0.656. The number of tetrazole rings is 1. The summed E-state index contributed by atoms with van der Waals surface area (Å²) in [4.78, 5) is 1.44. The molecule has 0 fully saturated rings. The van der Waals surface area contributed by atoms with Gasteiger partial charge in [-0.15, -0.1) is 10.2 Å². The Bertz CT molecular complexity index is 836. The summed E-state index contributed by atoms with van der Waals surface area (Å²) in [6.07, 6.45) is 0. The largest absolute Gasteiger partial charge is 0.493 e. The van der Waals surface area contributed by atoms with Crippen molar-refractivity contribution in [3.8, 4) is 28.6 Å². The van der Waals surface area contributed by atoms with E-state index in [1.165, 1.54) is 16.9 Å². The van der Waals surface area contributed by atoms with Gasteiger partial charge in [0.15, 0.2) is 11.5 Å².